The summed E-state index contributed by atoms with van der Waals surface area (Å²) in [4.78, 5) is 22.6. The molecule has 1 fully saturated rings. The number of carboxylic acids is 1. The number of benzene rings is 1. The molecule has 2 N–H and O–H groups in total. The van der Waals surface area contributed by atoms with Gasteiger partial charge in [0, 0.05) is 12.5 Å². The summed E-state index contributed by atoms with van der Waals surface area (Å²) in [5, 5.41) is 11.6. The van der Waals surface area contributed by atoms with Gasteiger partial charge < -0.3 is 15.2 Å². The van der Waals surface area contributed by atoms with Crippen LogP contribution in [0.3, 0.4) is 0 Å². The number of hydrogen-bond donors (Lipinski definition) is 2. The molecule has 0 radical (unpaired) electrons. The van der Waals surface area contributed by atoms with Gasteiger partial charge in [0.05, 0.1) is 0 Å². The SMILES string of the molecule is O=C(O)COc1ccc(CCNC(=O)C2CC3C=CC2C3)cc1. The summed E-state index contributed by atoms with van der Waals surface area (Å²) >= 11 is 0. The number of hydrogen-bond acceptors (Lipinski definition) is 3. The van der Waals surface area contributed by atoms with Crippen LogP contribution >= 0.6 is 0 Å². The van der Waals surface area contributed by atoms with Gasteiger partial charge in [-0.15, -0.1) is 0 Å². The summed E-state index contributed by atoms with van der Waals surface area (Å²) in [5.74, 6) is 0.904. The van der Waals surface area contributed by atoms with E-state index in [9.17, 15) is 9.59 Å². The van der Waals surface area contributed by atoms with E-state index in [1.54, 1.807) is 12.1 Å². The standard InChI is InChI=1S/C18H21NO4/c20-17(21)11-23-15-5-2-12(3-6-15)7-8-19-18(22)16-10-13-1-4-14(16)9-13/h1-6,13-14,16H,7-11H2,(H,19,22)(H,20,21). The van der Waals surface area contributed by atoms with Crippen LogP contribution in [0, 0.1) is 17.8 Å². The van der Waals surface area contributed by atoms with Crippen LogP contribution in [-0.4, -0.2) is 30.1 Å². The number of allylic oxidation sites excluding steroid dienone is 2. The zero-order chi connectivity index (χ0) is 16.2. The minimum atomic E-state index is -0.993. The Labute approximate surface area is 135 Å². The zero-order valence-electron chi connectivity index (χ0n) is 12.9. The van der Waals surface area contributed by atoms with Crippen LogP contribution in [0.5, 0.6) is 5.75 Å². The lowest BCUT2D eigenvalue weighted by Crippen LogP contribution is -2.34. The van der Waals surface area contributed by atoms with Gasteiger partial charge in [-0.3, -0.25) is 4.79 Å². The van der Waals surface area contributed by atoms with Crippen LogP contribution in [0.2, 0.25) is 0 Å². The summed E-state index contributed by atoms with van der Waals surface area (Å²) in [6, 6.07) is 7.29. The molecule has 0 heterocycles. The Morgan fingerprint density at radius 1 is 1.17 bits per heavy atom. The molecule has 23 heavy (non-hydrogen) atoms. The van der Waals surface area contributed by atoms with Crippen molar-refractivity contribution in [1.82, 2.24) is 5.32 Å². The van der Waals surface area contributed by atoms with Crippen molar-refractivity contribution in [3.8, 4) is 5.75 Å². The molecular weight excluding hydrogens is 294 g/mol. The van der Waals surface area contributed by atoms with Gasteiger partial charge in [-0.2, -0.15) is 0 Å². The zero-order valence-corrected chi connectivity index (χ0v) is 12.9. The van der Waals surface area contributed by atoms with E-state index in [1.807, 2.05) is 12.1 Å². The van der Waals surface area contributed by atoms with Gasteiger partial charge >= 0.3 is 5.97 Å². The van der Waals surface area contributed by atoms with Crippen molar-refractivity contribution in [2.45, 2.75) is 19.3 Å². The Bertz CT molecular complexity index is 608. The highest BCUT2D eigenvalue weighted by Crippen LogP contribution is 2.43. The predicted molar refractivity (Wildman–Crippen MR) is 85.1 cm³/mol. The fourth-order valence-corrected chi connectivity index (χ4v) is 3.44. The smallest absolute Gasteiger partial charge is 0.341 e. The largest absolute Gasteiger partial charge is 0.482 e. The predicted octanol–water partition coefficient (Wildman–Crippen LogP) is 2.02. The van der Waals surface area contributed by atoms with E-state index in [-0.39, 0.29) is 18.4 Å². The van der Waals surface area contributed by atoms with Crippen molar-refractivity contribution in [2.75, 3.05) is 13.2 Å². The molecule has 0 aliphatic heterocycles. The molecule has 0 saturated heterocycles. The lowest BCUT2D eigenvalue weighted by Gasteiger charge is -2.17. The van der Waals surface area contributed by atoms with Crippen LogP contribution in [0.1, 0.15) is 18.4 Å². The number of nitrogens with one attached hydrogen (secondary N) is 1. The highest BCUT2D eigenvalue weighted by molar-refractivity contribution is 5.80. The van der Waals surface area contributed by atoms with Gasteiger partial charge in [0.2, 0.25) is 5.91 Å². The van der Waals surface area contributed by atoms with E-state index in [4.69, 9.17) is 9.84 Å². The number of rotatable bonds is 7. The fraction of sp³-hybridized carbons (Fsp3) is 0.444. The van der Waals surface area contributed by atoms with Crippen molar-refractivity contribution in [3.05, 3.63) is 42.0 Å². The first-order valence-corrected chi connectivity index (χ1v) is 8.01. The summed E-state index contributed by atoms with van der Waals surface area (Å²) in [7, 11) is 0. The summed E-state index contributed by atoms with van der Waals surface area (Å²) in [5.41, 5.74) is 1.08. The van der Waals surface area contributed by atoms with E-state index in [0.29, 0.717) is 24.1 Å². The fourth-order valence-electron chi connectivity index (χ4n) is 3.44. The summed E-state index contributed by atoms with van der Waals surface area (Å²) < 4.78 is 5.09. The first-order valence-electron chi connectivity index (χ1n) is 8.01. The second-order valence-corrected chi connectivity index (χ2v) is 6.25. The highest BCUT2D eigenvalue weighted by Gasteiger charge is 2.39. The number of carbonyl (C=O) groups excluding carboxylic acids is 1. The van der Waals surface area contributed by atoms with E-state index in [1.165, 1.54) is 0 Å². The van der Waals surface area contributed by atoms with E-state index < -0.39 is 5.97 Å². The molecule has 3 rings (SSSR count). The van der Waals surface area contributed by atoms with Crippen LogP contribution in [0.15, 0.2) is 36.4 Å². The van der Waals surface area contributed by atoms with E-state index in [2.05, 4.69) is 17.5 Å². The average molecular weight is 315 g/mol. The molecular formula is C18H21NO4. The topological polar surface area (TPSA) is 75.6 Å². The van der Waals surface area contributed by atoms with Crippen molar-refractivity contribution >= 4 is 11.9 Å². The van der Waals surface area contributed by atoms with Crippen LogP contribution in [0.25, 0.3) is 0 Å². The van der Waals surface area contributed by atoms with E-state index in [0.717, 1.165) is 24.8 Å². The molecule has 122 valence electrons. The maximum atomic E-state index is 12.2. The molecule has 1 aromatic rings. The van der Waals surface area contributed by atoms with Crippen LogP contribution in [-0.2, 0) is 16.0 Å². The number of carbonyl (C=O) groups is 2. The minimum Gasteiger partial charge on any atom is -0.482 e. The Hall–Kier alpha value is -2.30. The summed E-state index contributed by atoms with van der Waals surface area (Å²) in [6.07, 6.45) is 7.30. The van der Waals surface area contributed by atoms with Gasteiger partial charge in [0.15, 0.2) is 6.61 Å². The first kappa shape index (κ1) is 15.6. The Kier molecular flexibility index (Phi) is 4.65. The second-order valence-electron chi connectivity index (χ2n) is 6.25. The van der Waals surface area contributed by atoms with Gasteiger partial charge in [-0.1, -0.05) is 24.3 Å². The lowest BCUT2D eigenvalue weighted by atomic mass is 9.93. The molecule has 5 nitrogen and oxygen atoms in total. The first-order chi connectivity index (χ1) is 11.1. The lowest BCUT2D eigenvalue weighted by molar-refractivity contribution is -0.139. The molecule has 2 aliphatic rings. The Morgan fingerprint density at radius 3 is 2.57 bits per heavy atom. The molecule has 2 bridgehead atoms. The molecule has 1 amide bonds. The number of carboxylic acid groups (broad SMARTS) is 1. The maximum Gasteiger partial charge on any atom is 0.341 e. The number of ether oxygens (including phenoxy) is 1. The molecule has 1 saturated carbocycles. The Morgan fingerprint density at radius 2 is 1.96 bits per heavy atom. The molecule has 3 unspecified atom stereocenters. The monoisotopic (exact) mass is 315 g/mol. The van der Waals surface area contributed by atoms with E-state index >= 15 is 0 Å². The van der Waals surface area contributed by atoms with Gasteiger partial charge in [-0.05, 0) is 48.8 Å². The van der Waals surface area contributed by atoms with Crippen molar-refractivity contribution < 1.29 is 19.4 Å². The third-order valence-corrected chi connectivity index (χ3v) is 4.61. The quantitative estimate of drug-likeness (QED) is 0.755. The van der Waals surface area contributed by atoms with Crippen molar-refractivity contribution in [2.24, 2.45) is 17.8 Å². The van der Waals surface area contributed by atoms with Crippen LogP contribution in [0.4, 0.5) is 0 Å². The minimum absolute atomic E-state index is 0.150. The number of fused-ring (bicyclic) bond motifs is 2. The van der Waals surface area contributed by atoms with Gasteiger partial charge in [0.1, 0.15) is 5.75 Å². The molecule has 5 heteroatoms. The average Bonchev–Trinajstić information content (AvgIpc) is 3.17. The van der Waals surface area contributed by atoms with Crippen molar-refractivity contribution in [3.63, 3.8) is 0 Å². The Balaban J connectivity index is 1.41. The van der Waals surface area contributed by atoms with Gasteiger partial charge in [-0.25, -0.2) is 4.79 Å². The van der Waals surface area contributed by atoms with Crippen molar-refractivity contribution in [1.29, 1.82) is 0 Å². The second kappa shape index (κ2) is 6.86. The molecule has 0 aromatic heterocycles. The third kappa shape index (κ3) is 3.92. The number of aliphatic carboxylic acids is 1. The maximum absolute atomic E-state index is 12.2. The van der Waals surface area contributed by atoms with Crippen LogP contribution < -0.4 is 10.1 Å². The summed E-state index contributed by atoms with van der Waals surface area (Å²) in [6.45, 7) is 0.277. The molecule has 0 spiro atoms. The highest BCUT2D eigenvalue weighted by atomic mass is 16.5. The number of amides is 1. The normalized spacial score (nSPS) is 24.6. The molecule has 1 aromatic carbocycles. The third-order valence-electron chi connectivity index (χ3n) is 4.61. The molecule has 2 aliphatic carbocycles. The van der Waals surface area contributed by atoms with Gasteiger partial charge in [0.25, 0.3) is 0 Å². The molecule has 3 atom stereocenters.